The van der Waals surface area contributed by atoms with Gasteiger partial charge in [-0.05, 0) is 71.3 Å². The first-order valence-electron chi connectivity index (χ1n) is 20.9. The molecule has 0 N–H and O–H groups in total. The summed E-state index contributed by atoms with van der Waals surface area (Å²) in [4.78, 5) is 2.47. The fourth-order valence-corrected chi connectivity index (χ4v) is 6.92. The molecule has 0 spiro atoms. The van der Waals surface area contributed by atoms with Crippen molar-refractivity contribution in [1.29, 1.82) is 0 Å². The van der Waals surface area contributed by atoms with E-state index in [1.807, 2.05) is 0 Å². The van der Waals surface area contributed by atoms with Crippen molar-refractivity contribution in [1.82, 2.24) is 4.90 Å². The zero-order valence-corrected chi connectivity index (χ0v) is 31.8. The smallest absolute Gasteiger partial charge is 0.0510 e. The summed E-state index contributed by atoms with van der Waals surface area (Å²) in [6.07, 6.45) is 47.7. The van der Waals surface area contributed by atoms with E-state index in [4.69, 9.17) is 9.47 Å². The number of likely N-dealkylation sites (tertiary alicyclic amines) is 1. The molecule has 1 aliphatic heterocycles. The quantitative estimate of drug-likeness (QED) is 0.0500. The molecule has 0 aliphatic carbocycles. The van der Waals surface area contributed by atoms with Crippen LogP contribution in [0.15, 0.2) is 24.3 Å². The number of nitrogens with zero attached hydrogens (tertiary/aromatic N) is 1. The van der Waals surface area contributed by atoms with Crippen LogP contribution in [0.3, 0.4) is 0 Å². The fraction of sp³-hybridized carbons (Fsp3) is 0.907. The van der Waals surface area contributed by atoms with E-state index in [1.54, 1.807) is 0 Å². The largest absolute Gasteiger partial charge is 0.381 e. The monoisotopic (exact) mass is 646 g/mol. The summed E-state index contributed by atoms with van der Waals surface area (Å²) in [6.45, 7) is 10.6. The Bertz CT molecular complexity index is 593. The van der Waals surface area contributed by atoms with Gasteiger partial charge in [0.15, 0.2) is 0 Å². The maximum Gasteiger partial charge on any atom is 0.0510 e. The van der Waals surface area contributed by atoms with E-state index in [9.17, 15) is 0 Å². The van der Waals surface area contributed by atoms with Crippen molar-refractivity contribution < 1.29 is 9.47 Å². The van der Waals surface area contributed by atoms with E-state index in [1.165, 1.54) is 180 Å². The molecule has 272 valence electrons. The molecule has 1 saturated heterocycles. The number of hydrogen-bond donors (Lipinski definition) is 0. The van der Waals surface area contributed by atoms with Crippen molar-refractivity contribution in [2.24, 2.45) is 11.8 Å². The Balaban J connectivity index is 1.86. The van der Waals surface area contributed by atoms with Gasteiger partial charge >= 0.3 is 0 Å². The highest BCUT2D eigenvalue weighted by atomic mass is 16.5. The van der Waals surface area contributed by atoms with Crippen molar-refractivity contribution in [3.63, 3.8) is 0 Å². The molecule has 1 rings (SSSR count). The molecule has 46 heavy (non-hydrogen) atoms. The Kier molecular flexibility index (Phi) is 33.6. The summed E-state index contributed by atoms with van der Waals surface area (Å²) < 4.78 is 12.3. The standard InChI is InChI=1S/C43H83NO2/c1-4-6-8-10-12-14-16-18-20-22-24-26-28-30-32-34-36-45-40-42-38-44(3)39-43(42)41-46-37-35-33-31-29-27-25-23-21-19-17-15-13-11-9-7-5-2/h18-21,42-43H,4-17,22-41H2,1-3H3. The number of allylic oxidation sites excluding steroid dienone is 4. The van der Waals surface area contributed by atoms with Gasteiger partial charge in [0.25, 0.3) is 0 Å². The summed E-state index contributed by atoms with van der Waals surface area (Å²) in [7, 11) is 2.25. The van der Waals surface area contributed by atoms with Crippen LogP contribution in [0.5, 0.6) is 0 Å². The average molecular weight is 646 g/mol. The third-order valence-corrected chi connectivity index (χ3v) is 10.0. The van der Waals surface area contributed by atoms with Crippen LogP contribution in [0, 0.1) is 11.8 Å². The molecule has 0 aromatic carbocycles. The minimum Gasteiger partial charge on any atom is -0.381 e. The molecule has 2 unspecified atom stereocenters. The van der Waals surface area contributed by atoms with Crippen molar-refractivity contribution in [3.05, 3.63) is 24.3 Å². The first-order valence-corrected chi connectivity index (χ1v) is 20.9. The van der Waals surface area contributed by atoms with Crippen LogP contribution in [-0.4, -0.2) is 51.5 Å². The van der Waals surface area contributed by atoms with Crippen LogP contribution >= 0.6 is 0 Å². The summed E-state index contributed by atoms with van der Waals surface area (Å²) in [5.41, 5.74) is 0. The van der Waals surface area contributed by atoms with Gasteiger partial charge in [-0.1, -0.05) is 154 Å². The number of unbranched alkanes of at least 4 members (excludes halogenated alkanes) is 24. The minimum atomic E-state index is 0.638. The van der Waals surface area contributed by atoms with Gasteiger partial charge in [0.2, 0.25) is 0 Å². The van der Waals surface area contributed by atoms with Gasteiger partial charge in [-0.2, -0.15) is 0 Å². The molecule has 0 saturated carbocycles. The minimum absolute atomic E-state index is 0.638. The van der Waals surface area contributed by atoms with E-state index in [0.29, 0.717) is 11.8 Å². The van der Waals surface area contributed by atoms with Gasteiger partial charge in [0.05, 0.1) is 13.2 Å². The summed E-state index contributed by atoms with van der Waals surface area (Å²) in [5.74, 6) is 1.28. The molecular formula is C43H83NO2. The topological polar surface area (TPSA) is 21.7 Å². The van der Waals surface area contributed by atoms with Gasteiger partial charge in [0.1, 0.15) is 0 Å². The van der Waals surface area contributed by atoms with E-state index in [-0.39, 0.29) is 0 Å². The highest BCUT2D eigenvalue weighted by molar-refractivity contribution is 4.83. The van der Waals surface area contributed by atoms with Crippen LogP contribution in [0.4, 0.5) is 0 Å². The second-order valence-electron chi connectivity index (χ2n) is 14.8. The first-order chi connectivity index (χ1) is 22.8. The molecule has 0 aromatic heterocycles. The third-order valence-electron chi connectivity index (χ3n) is 10.0. The molecule has 2 atom stereocenters. The van der Waals surface area contributed by atoms with Crippen LogP contribution in [0.25, 0.3) is 0 Å². The van der Waals surface area contributed by atoms with Gasteiger partial charge in [-0.25, -0.2) is 0 Å². The molecule has 3 nitrogen and oxygen atoms in total. The fourth-order valence-electron chi connectivity index (χ4n) is 6.92. The van der Waals surface area contributed by atoms with Crippen LogP contribution in [0.1, 0.15) is 194 Å². The summed E-state index contributed by atoms with van der Waals surface area (Å²) >= 11 is 0. The number of rotatable bonds is 36. The van der Waals surface area contributed by atoms with E-state index in [0.717, 1.165) is 39.5 Å². The lowest BCUT2D eigenvalue weighted by Gasteiger charge is -2.18. The predicted octanol–water partition coefficient (Wildman–Crippen LogP) is 13.3. The Morgan fingerprint density at radius 1 is 0.413 bits per heavy atom. The van der Waals surface area contributed by atoms with Gasteiger partial charge in [-0.15, -0.1) is 0 Å². The Morgan fingerprint density at radius 2 is 0.696 bits per heavy atom. The second kappa shape index (κ2) is 35.7. The summed E-state index contributed by atoms with van der Waals surface area (Å²) in [5, 5.41) is 0. The zero-order valence-electron chi connectivity index (χ0n) is 31.8. The second-order valence-corrected chi connectivity index (χ2v) is 14.8. The van der Waals surface area contributed by atoms with Gasteiger partial charge < -0.3 is 14.4 Å². The molecule has 0 aromatic rings. The van der Waals surface area contributed by atoms with E-state index >= 15 is 0 Å². The Labute approximate surface area is 290 Å². The lowest BCUT2D eigenvalue weighted by Crippen LogP contribution is -2.23. The maximum atomic E-state index is 6.16. The molecular weight excluding hydrogens is 562 g/mol. The summed E-state index contributed by atoms with van der Waals surface area (Å²) in [6, 6.07) is 0. The van der Waals surface area contributed by atoms with Crippen LogP contribution < -0.4 is 0 Å². The molecule has 1 heterocycles. The van der Waals surface area contributed by atoms with E-state index in [2.05, 4.69) is 50.1 Å². The normalized spacial score (nSPS) is 17.4. The van der Waals surface area contributed by atoms with E-state index < -0.39 is 0 Å². The van der Waals surface area contributed by atoms with Crippen molar-refractivity contribution in [2.45, 2.75) is 194 Å². The Hall–Kier alpha value is -0.640. The Morgan fingerprint density at radius 3 is 1.02 bits per heavy atom. The SMILES string of the molecule is CCCCCCCCC=CCCCCCCCCOCC1CN(C)CC1COCCCCCCCCC=CCCCCCCCC. The molecule has 3 heteroatoms. The molecule has 1 aliphatic rings. The van der Waals surface area contributed by atoms with Crippen molar-refractivity contribution in [2.75, 3.05) is 46.6 Å². The lowest BCUT2D eigenvalue weighted by atomic mass is 9.98. The van der Waals surface area contributed by atoms with Gasteiger partial charge in [-0.3, -0.25) is 0 Å². The predicted molar refractivity (Wildman–Crippen MR) is 205 cm³/mol. The van der Waals surface area contributed by atoms with Crippen LogP contribution in [0.2, 0.25) is 0 Å². The first kappa shape index (κ1) is 43.4. The van der Waals surface area contributed by atoms with Gasteiger partial charge in [0, 0.05) is 38.1 Å². The average Bonchev–Trinajstić information content (AvgIpc) is 3.42. The molecule has 0 radical (unpaired) electrons. The van der Waals surface area contributed by atoms with Crippen molar-refractivity contribution in [3.8, 4) is 0 Å². The number of hydrogen-bond acceptors (Lipinski definition) is 3. The number of ether oxygens (including phenoxy) is 2. The third kappa shape index (κ3) is 29.5. The van der Waals surface area contributed by atoms with Crippen LogP contribution in [-0.2, 0) is 9.47 Å². The van der Waals surface area contributed by atoms with Crippen molar-refractivity contribution >= 4 is 0 Å². The highest BCUT2D eigenvalue weighted by Gasteiger charge is 2.30. The lowest BCUT2D eigenvalue weighted by molar-refractivity contribution is 0.0482. The maximum absolute atomic E-state index is 6.16. The highest BCUT2D eigenvalue weighted by Crippen LogP contribution is 2.23. The molecule has 0 bridgehead atoms. The zero-order chi connectivity index (χ0) is 33.0. The molecule has 0 amide bonds. The molecule has 1 fully saturated rings.